The predicted octanol–water partition coefficient (Wildman–Crippen LogP) is -4.11. The van der Waals surface area contributed by atoms with Crippen molar-refractivity contribution in [3.8, 4) is 0 Å². The van der Waals surface area contributed by atoms with E-state index in [1.807, 2.05) is 14.1 Å². The molecule has 0 rings (SSSR count). The highest BCUT2D eigenvalue weighted by molar-refractivity contribution is 5.85. The first kappa shape index (κ1) is 15.4. The van der Waals surface area contributed by atoms with Crippen LogP contribution in [0.3, 0.4) is 0 Å². The lowest BCUT2D eigenvalue weighted by atomic mass is 10.3. The standard InChI is InChI=1S/C10H19N3O4/c1-13(2)6-5-11-8(14)3-4-9(15)12-7-10(16)17/h3-7H2,1-2H3,(H,11,14)(H,12,15)(H,16,17). The zero-order chi connectivity index (χ0) is 13.3. The first-order valence-corrected chi connectivity index (χ1v) is 5.44. The van der Waals surface area contributed by atoms with Crippen molar-refractivity contribution < 1.29 is 24.4 Å². The molecule has 0 aliphatic carbocycles. The summed E-state index contributed by atoms with van der Waals surface area (Å²) in [5.41, 5.74) is 0. The number of carbonyl (C=O) groups excluding carboxylic acids is 3. The van der Waals surface area contributed by atoms with E-state index in [-0.39, 0.29) is 18.7 Å². The number of carboxylic acids is 1. The van der Waals surface area contributed by atoms with Crippen molar-refractivity contribution in [3.63, 3.8) is 0 Å². The third kappa shape index (κ3) is 10.6. The summed E-state index contributed by atoms with van der Waals surface area (Å²) in [6.07, 6.45) is 0.0373. The fraction of sp³-hybridized carbons (Fsp3) is 0.700. The molecule has 0 atom stereocenters. The van der Waals surface area contributed by atoms with Crippen LogP contribution in [0.1, 0.15) is 12.8 Å². The number of aliphatic carboxylic acids is 1. The Balaban J connectivity index is 3.55. The number of nitrogens with one attached hydrogen (secondary N) is 3. The molecule has 0 aromatic rings. The highest BCUT2D eigenvalue weighted by Gasteiger charge is 2.06. The minimum Gasteiger partial charge on any atom is -0.548 e. The second kappa shape index (κ2) is 8.51. The molecule has 7 nitrogen and oxygen atoms in total. The van der Waals surface area contributed by atoms with Crippen LogP contribution < -0.4 is 20.6 Å². The van der Waals surface area contributed by atoms with Gasteiger partial charge in [-0.25, -0.2) is 0 Å². The molecular formula is C10H19N3O4. The van der Waals surface area contributed by atoms with Gasteiger partial charge in [-0.1, -0.05) is 0 Å². The molecule has 0 radical (unpaired) electrons. The lowest BCUT2D eigenvalue weighted by molar-refractivity contribution is -0.856. The molecule has 98 valence electrons. The van der Waals surface area contributed by atoms with Crippen LogP contribution in [0.4, 0.5) is 0 Å². The summed E-state index contributed by atoms with van der Waals surface area (Å²) in [4.78, 5) is 33.5. The monoisotopic (exact) mass is 245 g/mol. The van der Waals surface area contributed by atoms with E-state index in [9.17, 15) is 19.5 Å². The van der Waals surface area contributed by atoms with E-state index >= 15 is 0 Å². The lowest BCUT2D eigenvalue weighted by Gasteiger charge is -2.08. The normalized spacial score (nSPS) is 10.1. The third-order valence-electron chi connectivity index (χ3n) is 1.96. The topological polar surface area (TPSA) is 103 Å². The Bertz CT molecular complexity index is 279. The molecule has 0 saturated carbocycles. The molecule has 0 unspecified atom stereocenters. The van der Waals surface area contributed by atoms with Crippen LogP contribution in [0.15, 0.2) is 0 Å². The number of hydrogen-bond acceptors (Lipinski definition) is 4. The third-order valence-corrected chi connectivity index (χ3v) is 1.96. The van der Waals surface area contributed by atoms with Gasteiger partial charge in [0.15, 0.2) is 0 Å². The van der Waals surface area contributed by atoms with E-state index in [0.29, 0.717) is 6.54 Å². The molecular weight excluding hydrogens is 226 g/mol. The Labute approximate surface area is 100 Å². The van der Waals surface area contributed by atoms with Gasteiger partial charge in [-0.3, -0.25) is 9.59 Å². The van der Waals surface area contributed by atoms with Gasteiger partial charge in [-0.2, -0.15) is 0 Å². The molecule has 0 heterocycles. The smallest absolute Gasteiger partial charge is 0.220 e. The van der Waals surface area contributed by atoms with Gasteiger partial charge >= 0.3 is 0 Å². The summed E-state index contributed by atoms with van der Waals surface area (Å²) in [5, 5.41) is 14.8. The average Bonchev–Trinajstić information content (AvgIpc) is 2.23. The first-order chi connectivity index (χ1) is 7.91. The van der Waals surface area contributed by atoms with Gasteiger partial charge < -0.3 is 25.4 Å². The highest BCUT2D eigenvalue weighted by atomic mass is 16.4. The van der Waals surface area contributed by atoms with E-state index in [1.54, 1.807) is 0 Å². The molecule has 3 N–H and O–H groups in total. The second-order valence-corrected chi connectivity index (χ2v) is 3.96. The van der Waals surface area contributed by atoms with Crippen molar-refractivity contribution >= 4 is 17.8 Å². The molecule has 0 aromatic carbocycles. The van der Waals surface area contributed by atoms with E-state index in [1.165, 1.54) is 4.90 Å². The molecule has 17 heavy (non-hydrogen) atoms. The maximum atomic E-state index is 11.2. The maximum Gasteiger partial charge on any atom is 0.220 e. The van der Waals surface area contributed by atoms with Gasteiger partial charge in [-0.05, 0) is 0 Å². The number of carbonyl (C=O) groups is 3. The number of amides is 2. The quantitative estimate of drug-likeness (QED) is 0.404. The number of rotatable bonds is 8. The van der Waals surface area contributed by atoms with Crippen molar-refractivity contribution in [1.29, 1.82) is 0 Å². The highest BCUT2D eigenvalue weighted by Crippen LogP contribution is 1.88. The Morgan fingerprint density at radius 3 is 2.06 bits per heavy atom. The molecule has 0 fully saturated rings. The second-order valence-electron chi connectivity index (χ2n) is 3.96. The van der Waals surface area contributed by atoms with E-state index in [0.717, 1.165) is 6.54 Å². The van der Waals surface area contributed by atoms with E-state index < -0.39 is 18.4 Å². The van der Waals surface area contributed by atoms with Crippen LogP contribution in [0.2, 0.25) is 0 Å². The summed E-state index contributed by atoms with van der Waals surface area (Å²) in [5.74, 6) is -2.03. The fourth-order valence-electron chi connectivity index (χ4n) is 1.03. The predicted molar refractivity (Wildman–Crippen MR) is 57.9 cm³/mol. The maximum absolute atomic E-state index is 11.2. The molecule has 0 spiro atoms. The van der Waals surface area contributed by atoms with Crippen LogP contribution in [0.5, 0.6) is 0 Å². The summed E-state index contributed by atoms with van der Waals surface area (Å²) in [6.45, 7) is 0.842. The SMILES string of the molecule is C[NH+](C)CCNC(=O)CCC(=O)NCC(=O)[O-]. The lowest BCUT2D eigenvalue weighted by Crippen LogP contribution is -3.06. The Kier molecular flexibility index (Phi) is 7.70. The minimum atomic E-state index is -1.35. The molecule has 0 bridgehead atoms. The van der Waals surface area contributed by atoms with Crippen LogP contribution >= 0.6 is 0 Å². The molecule has 0 aliphatic heterocycles. The minimum absolute atomic E-state index is 0.0199. The van der Waals surface area contributed by atoms with Crippen molar-refractivity contribution in [1.82, 2.24) is 10.6 Å². The summed E-state index contributed by atoms with van der Waals surface area (Å²) < 4.78 is 0. The van der Waals surface area contributed by atoms with Gasteiger partial charge in [-0.15, -0.1) is 0 Å². The van der Waals surface area contributed by atoms with Crippen LogP contribution in [0.25, 0.3) is 0 Å². The molecule has 2 amide bonds. The van der Waals surface area contributed by atoms with Crippen molar-refractivity contribution in [3.05, 3.63) is 0 Å². The Morgan fingerprint density at radius 2 is 1.59 bits per heavy atom. The van der Waals surface area contributed by atoms with Crippen LogP contribution in [0, 0.1) is 0 Å². The van der Waals surface area contributed by atoms with Gasteiger partial charge in [0.25, 0.3) is 0 Å². The van der Waals surface area contributed by atoms with E-state index in [4.69, 9.17) is 0 Å². The number of quaternary nitrogens is 1. The van der Waals surface area contributed by atoms with Crippen LogP contribution in [-0.4, -0.2) is 51.5 Å². The van der Waals surface area contributed by atoms with Gasteiger partial charge in [0.05, 0.1) is 39.7 Å². The number of hydrogen-bond donors (Lipinski definition) is 3. The molecule has 7 heteroatoms. The zero-order valence-corrected chi connectivity index (χ0v) is 10.2. The van der Waals surface area contributed by atoms with Crippen molar-refractivity contribution in [2.75, 3.05) is 33.7 Å². The molecule has 0 aromatic heterocycles. The first-order valence-electron chi connectivity index (χ1n) is 5.44. The van der Waals surface area contributed by atoms with Gasteiger partial charge in [0, 0.05) is 12.8 Å². The van der Waals surface area contributed by atoms with E-state index in [2.05, 4.69) is 10.6 Å². The van der Waals surface area contributed by atoms with Crippen LogP contribution in [-0.2, 0) is 14.4 Å². The average molecular weight is 245 g/mol. The fourth-order valence-corrected chi connectivity index (χ4v) is 1.03. The number of likely N-dealkylation sites (N-methyl/N-ethyl adjacent to an activating group) is 1. The van der Waals surface area contributed by atoms with Crippen molar-refractivity contribution in [2.24, 2.45) is 0 Å². The van der Waals surface area contributed by atoms with Gasteiger partial charge in [0.2, 0.25) is 11.8 Å². The van der Waals surface area contributed by atoms with Crippen molar-refractivity contribution in [2.45, 2.75) is 12.8 Å². The Morgan fingerprint density at radius 1 is 1.06 bits per heavy atom. The molecule has 0 saturated heterocycles. The summed E-state index contributed by atoms with van der Waals surface area (Å²) >= 11 is 0. The summed E-state index contributed by atoms with van der Waals surface area (Å²) in [7, 11) is 3.94. The Hall–Kier alpha value is -1.63. The van der Waals surface area contributed by atoms with Gasteiger partial charge in [0.1, 0.15) is 0 Å². The zero-order valence-electron chi connectivity index (χ0n) is 10.2. The summed E-state index contributed by atoms with van der Waals surface area (Å²) in [6, 6.07) is 0. The largest absolute Gasteiger partial charge is 0.548 e. The molecule has 0 aliphatic rings. The number of carboxylic acid groups (broad SMARTS) is 1.